The van der Waals surface area contributed by atoms with E-state index in [1.807, 2.05) is 0 Å². The zero-order valence-corrected chi connectivity index (χ0v) is 6.93. The van der Waals surface area contributed by atoms with Crippen LogP contribution in [0.15, 0.2) is 17.3 Å². The van der Waals surface area contributed by atoms with Gasteiger partial charge >= 0.3 is 5.69 Å². The SMILES string of the molecule is O=c1[nH]nnn1-c1ncncc1Cl. The lowest BCUT2D eigenvalue weighted by atomic mass is 10.6. The van der Waals surface area contributed by atoms with Crippen molar-refractivity contribution in [2.24, 2.45) is 0 Å². The molecule has 0 aromatic carbocycles. The number of hydrogen-bond acceptors (Lipinski definition) is 5. The molecule has 66 valence electrons. The van der Waals surface area contributed by atoms with Gasteiger partial charge in [-0.15, -0.1) is 4.68 Å². The lowest BCUT2D eigenvalue weighted by Gasteiger charge is -1.96. The Morgan fingerprint density at radius 1 is 1.54 bits per heavy atom. The fourth-order valence-corrected chi connectivity index (χ4v) is 0.984. The van der Waals surface area contributed by atoms with Crippen LogP contribution in [0, 0.1) is 0 Å². The molecule has 0 radical (unpaired) electrons. The third kappa shape index (κ3) is 1.29. The molecular weight excluding hydrogens is 196 g/mol. The number of rotatable bonds is 1. The van der Waals surface area contributed by atoms with Crippen molar-refractivity contribution in [3.05, 3.63) is 28.0 Å². The minimum absolute atomic E-state index is 0.204. The second kappa shape index (κ2) is 2.94. The van der Waals surface area contributed by atoms with E-state index in [1.165, 1.54) is 12.5 Å². The van der Waals surface area contributed by atoms with E-state index in [9.17, 15) is 4.79 Å². The first kappa shape index (κ1) is 7.87. The summed E-state index contributed by atoms with van der Waals surface area (Å²) < 4.78 is 0.948. The maximum absolute atomic E-state index is 11.0. The molecule has 8 heteroatoms. The predicted octanol–water partition coefficient (Wildman–Crippen LogP) is -0.601. The van der Waals surface area contributed by atoms with E-state index < -0.39 is 5.69 Å². The van der Waals surface area contributed by atoms with Crippen LogP contribution in [-0.2, 0) is 0 Å². The van der Waals surface area contributed by atoms with Crippen LogP contribution in [0.4, 0.5) is 0 Å². The number of tetrazole rings is 1. The highest BCUT2D eigenvalue weighted by molar-refractivity contribution is 6.31. The van der Waals surface area contributed by atoms with Gasteiger partial charge in [-0.1, -0.05) is 11.6 Å². The minimum Gasteiger partial charge on any atom is -0.244 e. The van der Waals surface area contributed by atoms with Crippen molar-refractivity contribution in [3.63, 3.8) is 0 Å². The van der Waals surface area contributed by atoms with Gasteiger partial charge in [0.25, 0.3) is 0 Å². The molecule has 1 N–H and O–H groups in total. The van der Waals surface area contributed by atoms with Gasteiger partial charge in [0.1, 0.15) is 11.3 Å². The molecule has 0 fully saturated rings. The third-order valence-corrected chi connectivity index (χ3v) is 1.59. The second-order valence-corrected chi connectivity index (χ2v) is 2.52. The normalized spacial score (nSPS) is 10.2. The molecule has 2 heterocycles. The predicted molar refractivity (Wildman–Crippen MR) is 42.6 cm³/mol. The van der Waals surface area contributed by atoms with Gasteiger partial charge in [-0.3, -0.25) is 0 Å². The Morgan fingerprint density at radius 3 is 3.00 bits per heavy atom. The first-order valence-corrected chi connectivity index (χ1v) is 3.63. The standard InChI is InChI=1S/C5H3ClN6O/c6-3-1-7-2-8-4(3)12-5(13)9-10-11-12/h1-2H,(H,9,11,13). The summed E-state index contributed by atoms with van der Waals surface area (Å²) in [6.07, 6.45) is 2.63. The van der Waals surface area contributed by atoms with Crippen molar-refractivity contribution in [3.8, 4) is 5.82 Å². The highest BCUT2D eigenvalue weighted by Gasteiger charge is 2.07. The second-order valence-electron chi connectivity index (χ2n) is 2.11. The summed E-state index contributed by atoms with van der Waals surface area (Å²) in [4.78, 5) is 18.5. The van der Waals surface area contributed by atoms with Gasteiger partial charge in [-0.2, -0.15) is 0 Å². The molecular formula is C5H3ClN6O. The van der Waals surface area contributed by atoms with Crippen molar-refractivity contribution in [1.29, 1.82) is 0 Å². The number of H-pyrrole nitrogens is 1. The van der Waals surface area contributed by atoms with Crippen LogP contribution in [0.1, 0.15) is 0 Å². The van der Waals surface area contributed by atoms with Crippen LogP contribution in [0.25, 0.3) is 5.82 Å². The molecule has 2 rings (SSSR count). The fourth-order valence-electron chi connectivity index (χ4n) is 0.798. The minimum atomic E-state index is -0.499. The zero-order chi connectivity index (χ0) is 9.26. The highest BCUT2D eigenvalue weighted by atomic mass is 35.5. The number of nitrogens with one attached hydrogen (secondary N) is 1. The van der Waals surface area contributed by atoms with Crippen molar-refractivity contribution in [2.75, 3.05) is 0 Å². The quantitative estimate of drug-likeness (QED) is 0.661. The van der Waals surface area contributed by atoms with Crippen molar-refractivity contribution in [2.45, 2.75) is 0 Å². The van der Waals surface area contributed by atoms with E-state index in [0.717, 1.165) is 4.68 Å². The van der Waals surface area contributed by atoms with Crippen LogP contribution in [0.3, 0.4) is 0 Å². The van der Waals surface area contributed by atoms with Gasteiger partial charge in [-0.25, -0.2) is 19.9 Å². The molecule has 0 atom stereocenters. The molecule has 0 amide bonds. The molecule has 2 aromatic rings. The summed E-state index contributed by atoms with van der Waals surface area (Å²) in [5.41, 5.74) is -0.499. The van der Waals surface area contributed by atoms with Crippen LogP contribution in [0.2, 0.25) is 5.02 Å². The first-order valence-electron chi connectivity index (χ1n) is 3.25. The highest BCUT2D eigenvalue weighted by Crippen LogP contribution is 2.11. The molecule has 13 heavy (non-hydrogen) atoms. The van der Waals surface area contributed by atoms with Gasteiger partial charge in [0, 0.05) is 0 Å². The maximum Gasteiger partial charge on any atom is 0.367 e. The first-order chi connectivity index (χ1) is 6.29. The third-order valence-electron chi connectivity index (χ3n) is 1.32. The maximum atomic E-state index is 11.0. The summed E-state index contributed by atoms with van der Waals surface area (Å²) in [5, 5.41) is 9.12. The van der Waals surface area contributed by atoms with E-state index in [2.05, 4.69) is 25.5 Å². The Bertz CT molecular complexity index is 476. The Balaban J connectivity index is 2.66. The van der Waals surface area contributed by atoms with E-state index in [0.29, 0.717) is 0 Å². The summed E-state index contributed by atoms with van der Waals surface area (Å²) >= 11 is 5.72. The van der Waals surface area contributed by atoms with Gasteiger partial charge in [0.05, 0.1) is 6.20 Å². The molecule has 0 aliphatic heterocycles. The molecule has 2 aromatic heterocycles. The van der Waals surface area contributed by atoms with Gasteiger partial charge in [0.2, 0.25) is 0 Å². The topological polar surface area (TPSA) is 89.4 Å². The lowest BCUT2D eigenvalue weighted by Crippen LogP contribution is -2.17. The Labute approximate surface area is 76.4 Å². The van der Waals surface area contributed by atoms with Crippen LogP contribution < -0.4 is 5.69 Å². The molecule has 0 spiro atoms. The van der Waals surface area contributed by atoms with E-state index in [-0.39, 0.29) is 10.8 Å². The van der Waals surface area contributed by atoms with Gasteiger partial charge in [0.15, 0.2) is 5.82 Å². The zero-order valence-electron chi connectivity index (χ0n) is 6.18. The summed E-state index contributed by atoms with van der Waals surface area (Å²) in [5.74, 6) is 0.204. The van der Waals surface area contributed by atoms with E-state index >= 15 is 0 Å². The number of halogens is 1. The van der Waals surface area contributed by atoms with Crippen molar-refractivity contribution >= 4 is 11.6 Å². The van der Waals surface area contributed by atoms with Gasteiger partial charge < -0.3 is 0 Å². The molecule has 0 aliphatic rings. The van der Waals surface area contributed by atoms with Crippen molar-refractivity contribution in [1.82, 2.24) is 30.2 Å². The monoisotopic (exact) mass is 198 g/mol. The number of aromatic nitrogens is 6. The van der Waals surface area contributed by atoms with Crippen LogP contribution >= 0.6 is 11.6 Å². The average molecular weight is 199 g/mol. The Kier molecular flexibility index (Phi) is 1.78. The number of aromatic amines is 1. The molecule has 0 aliphatic carbocycles. The van der Waals surface area contributed by atoms with E-state index in [4.69, 9.17) is 11.6 Å². The lowest BCUT2D eigenvalue weighted by molar-refractivity contribution is 0.757. The van der Waals surface area contributed by atoms with E-state index in [1.54, 1.807) is 0 Å². The summed E-state index contributed by atoms with van der Waals surface area (Å²) in [6, 6.07) is 0. The molecule has 0 saturated carbocycles. The van der Waals surface area contributed by atoms with Crippen molar-refractivity contribution < 1.29 is 0 Å². The Hall–Kier alpha value is -1.76. The number of hydrogen-bond donors (Lipinski definition) is 1. The fraction of sp³-hybridized carbons (Fsp3) is 0. The van der Waals surface area contributed by atoms with Crippen LogP contribution in [-0.4, -0.2) is 30.2 Å². The summed E-state index contributed by atoms with van der Waals surface area (Å²) in [7, 11) is 0. The van der Waals surface area contributed by atoms with Gasteiger partial charge in [-0.05, 0) is 10.4 Å². The molecule has 0 saturated heterocycles. The number of nitrogens with zero attached hydrogens (tertiary/aromatic N) is 5. The molecule has 0 bridgehead atoms. The largest absolute Gasteiger partial charge is 0.367 e. The molecule has 0 unspecified atom stereocenters. The summed E-state index contributed by atoms with van der Waals surface area (Å²) in [6.45, 7) is 0. The van der Waals surface area contributed by atoms with Crippen LogP contribution in [0.5, 0.6) is 0 Å². The smallest absolute Gasteiger partial charge is 0.244 e. The molecule has 7 nitrogen and oxygen atoms in total. The Morgan fingerprint density at radius 2 is 2.38 bits per heavy atom. The average Bonchev–Trinajstić information content (AvgIpc) is 2.52.